The first-order valence-electron chi connectivity index (χ1n) is 7.81. The Labute approximate surface area is 137 Å². The molecule has 3 heterocycles. The summed E-state index contributed by atoms with van der Waals surface area (Å²) in [6.07, 6.45) is 6.75. The topological polar surface area (TPSA) is 63.2 Å². The highest BCUT2D eigenvalue weighted by Gasteiger charge is 2.27. The van der Waals surface area contributed by atoms with E-state index >= 15 is 0 Å². The van der Waals surface area contributed by atoms with E-state index in [9.17, 15) is 8.42 Å². The van der Waals surface area contributed by atoms with Crippen molar-refractivity contribution < 1.29 is 8.42 Å². The van der Waals surface area contributed by atoms with Crippen molar-refractivity contribution in [1.29, 1.82) is 0 Å². The van der Waals surface area contributed by atoms with Crippen LogP contribution in [0.25, 0.3) is 0 Å². The Morgan fingerprint density at radius 3 is 2.74 bits per heavy atom. The number of likely N-dealkylation sites (tertiary alicyclic amines) is 1. The summed E-state index contributed by atoms with van der Waals surface area (Å²) in [5.74, 6) is 0.151. The number of nitrogens with zero attached hydrogens (tertiary/aromatic N) is 3. The minimum Gasteiger partial charge on any atom is -0.297 e. The van der Waals surface area contributed by atoms with Crippen molar-refractivity contribution in [2.24, 2.45) is 0 Å². The molecule has 0 N–H and O–H groups in total. The highest BCUT2D eigenvalue weighted by Crippen LogP contribution is 2.30. The van der Waals surface area contributed by atoms with Crippen LogP contribution in [0.2, 0.25) is 0 Å². The van der Waals surface area contributed by atoms with E-state index in [0.717, 1.165) is 38.2 Å². The third-order valence-corrected chi connectivity index (χ3v) is 5.35. The van der Waals surface area contributed by atoms with Gasteiger partial charge in [-0.1, -0.05) is 6.07 Å². The number of pyridine rings is 2. The summed E-state index contributed by atoms with van der Waals surface area (Å²) < 4.78 is 24.0. The van der Waals surface area contributed by atoms with Gasteiger partial charge in [-0.15, -0.1) is 0 Å². The van der Waals surface area contributed by atoms with E-state index < -0.39 is 9.84 Å². The van der Waals surface area contributed by atoms with Gasteiger partial charge in [0.1, 0.15) is 0 Å². The highest BCUT2D eigenvalue weighted by atomic mass is 32.2. The number of piperidine rings is 1. The Bertz CT molecular complexity index is 762. The van der Waals surface area contributed by atoms with Gasteiger partial charge in [-0.05, 0) is 43.7 Å². The summed E-state index contributed by atoms with van der Waals surface area (Å²) in [5.41, 5.74) is 1.75. The molecule has 2 aromatic rings. The van der Waals surface area contributed by atoms with Crippen LogP contribution in [-0.4, -0.2) is 42.6 Å². The number of hydrogen-bond donors (Lipinski definition) is 0. The summed E-state index contributed by atoms with van der Waals surface area (Å²) in [6, 6.07) is 9.27. The molecule has 1 atom stereocenters. The van der Waals surface area contributed by atoms with Crippen molar-refractivity contribution in [2.75, 3.05) is 19.3 Å². The molecule has 0 saturated carbocycles. The molecule has 2 aromatic heterocycles. The lowest BCUT2D eigenvalue weighted by molar-refractivity contribution is 0.195. The summed E-state index contributed by atoms with van der Waals surface area (Å²) in [5, 5.41) is 0. The fraction of sp³-hybridized carbons (Fsp3) is 0.412. The average molecular weight is 331 g/mol. The predicted octanol–water partition coefficient (Wildman–Crippen LogP) is 2.26. The van der Waals surface area contributed by atoms with Crippen molar-refractivity contribution in [1.82, 2.24) is 14.9 Å². The second-order valence-corrected chi connectivity index (χ2v) is 8.04. The zero-order chi connectivity index (χ0) is 16.3. The van der Waals surface area contributed by atoms with E-state index in [1.54, 1.807) is 24.5 Å². The SMILES string of the molecule is CS(=O)(=O)c1cccnc1C1CCCN(Cc2ccccn2)C1. The third-order valence-electron chi connectivity index (χ3n) is 4.20. The number of rotatable bonds is 4. The Hall–Kier alpha value is -1.79. The maximum atomic E-state index is 12.0. The van der Waals surface area contributed by atoms with Crippen molar-refractivity contribution >= 4 is 9.84 Å². The third kappa shape index (κ3) is 3.95. The molecule has 0 bridgehead atoms. The normalized spacial score (nSPS) is 19.6. The quantitative estimate of drug-likeness (QED) is 0.860. The molecule has 5 nitrogen and oxygen atoms in total. The first kappa shape index (κ1) is 16.1. The van der Waals surface area contributed by atoms with Crippen LogP contribution in [0.1, 0.15) is 30.1 Å². The zero-order valence-electron chi connectivity index (χ0n) is 13.2. The fourth-order valence-electron chi connectivity index (χ4n) is 3.17. The largest absolute Gasteiger partial charge is 0.297 e. The molecular weight excluding hydrogens is 310 g/mol. The summed E-state index contributed by atoms with van der Waals surface area (Å²) in [6.45, 7) is 2.61. The Morgan fingerprint density at radius 2 is 2.00 bits per heavy atom. The second kappa shape index (κ2) is 6.76. The van der Waals surface area contributed by atoms with Crippen LogP contribution in [0.5, 0.6) is 0 Å². The average Bonchev–Trinajstić information content (AvgIpc) is 2.55. The highest BCUT2D eigenvalue weighted by molar-refractivity contribution is 7.90. The van der Waals surface area contributed by atoms with Crippen LogP contribution in [0.4, 0.5) is 0 Å². The van der Waals surface area contributed by atoms with Crippen LogP contribution in [0.15, 0.2) is 47.6 Å². The molecule has 6 heteroatoms. The number of aromatic nitrogens is 2. The minimum absolute atomic E-state index is 0.151. The van der Waals surface area contributed by atoms with Gasteiger partial charge in [-0.2, -0.15) is 0 Å². The van der Waals surface area contributed by atoms with Gasteiger partial charge < -0.3 is 0 Å². The van der Waals surface area contributed by atoms with Crippen molar-refractivity contribution in [3.63, 3.8) is 0 Å². The molecular formula is C17H21N3O2S. The summed E-state index contributed by atoms with van der Waals surface area (Å²) in [4.78, 5) is 11.5. The predicted molar refractivity (Wildman–Crippen MR) is 88.8 cm³/mol. The van der Waals surface area contributed by atoms with E-state index in [-0.39, 0.29) is 5.92 Å². The lowest BCUT2D eigenvalue weighted by Gasteiger charge is -2.32. The van der Waals surface area contributed by atoms with E-state index in [2.05, 4.69) is 14.9 Å². The van der Waals surface area contributed by atoms with Crippen LogP contribution in [0.3, 0.4) is 0 Å². The van der Waals surface area contributed by atoms with Gasteiger partial charge in [0.15, 0.2) is 9.84 Å². The van der Waals surface area contributed by atoms with E-state index in [4.69, 9.17) is 0 Å². The smallest absolute Gasteiger partial charge is 0.177 e. The maximum absolute atomic E-state index is 12.0. The molecule has 0 amide bonds. The minimum atomic E-state index is -3.25. The lowest BCUT2D eigenvalue weighted by Crippen LogP contribution is -2.34. The Kier molecular flexibility index (Phi) is 4.73. The lowest BCUT2D eigenvalue weighted by atomic mass is 9.94. The van der Waals surface area contributed by atoms with Crippen LogP contribution >= 0.6 is 0 Å². The van der Waals surface area contributed by atoms with Gasteiger partial charge in [0.2, 0.25) is 0 Å². The van der Waals surface area contributed by atoms with Gasteiger partial charge >= 0.3 is 0 Å². The molecule has 1 saturated heterocycles. The monoisotopic (exact) mass is 331 g/mol. The Balaban J connectivity index is 1.79. The van der Waals surface area contributed by atoms with Gasteiger partial charge in [-0.3, -0.25) is 14.9 Å². The fourth-order valence-corrected chi connectivity index (χ4v) is 4.09. The van der Waals surface area contributed by atoms with Crippen LogP contribution < -0.4 is 0 Å². The van der Waals surface area contributed by atoms with Gasteiger partial charge in [0, 0.05) is 37.7 Å². The standard InChI is InChI=1S/C17H21N3O2S/c1-23(21,22)16-8-4-10-19-17(16)14-6-5-11-20(12-14)13-15-7-2-3-9-18-15/h2-4,7-10,14H,5-6,11-13H2,1H3. The summed E-state index contributed by atoms with van der Waals surface area (Å²) >= 11 is 0. The molecule has 1 aliphatic rings. The van der Waals surface area contributed by atoms with Gasteiger partial charge in [-0.25, -0.2) is 8.42 Å². The van der Waals surface area contributed by atoms with Crippen molar-refractivity contribution in [3.05, 3.63) is 54.1 Å². The molecule has 0 aliphatic carbocycles. The molecule has 3 rings (SSSR count). The maximum Gasteiger partial charge on any atom is 0.177 e. The second-order valence-electron chi connectivity index (χ2n) is 6.05. The first-order chi connectivity index (χ1) is 11.0. The number of hydrogen-bond acceptors (Lipinski definition) is 5. The molecule has 1 aliphatic heterocycles. The van der Waals surface area contributed by atoms with Crippen molar-refractivity contribution in [3.8, 4) is 0 Å². The molecule has 0 radical (unpaired) electrons. The molecule has 23 heavy (non-hydrogen) atoms. The zero-order valence-corrected chi connectivity index (χ0v) is 14.0. The Morgan fingerprint density at radius 1 is 1.17 bits per heavy atom. The van der Waals surface area contributed by atoms with E-state index in [1.165, 1.54) is 6.26 Å². The van der Waals surface area contributed by atoms with Gasteiger partial charge in [0.25, 0.3) is 0 Å². The molecule has 1 unspecified atom stereocenters. The van der Waals surface area contributed by atoms with Crippen molar-refractivity contribution in [2.45, 2.75) is 30.2 Å². The number of sulfone groups is 1. The van der Waals surface area contributed by atoms with E-state index in [0.29, 0.717) is 10.6 Å². The van der Waals surface area contributed by atoms with E-state index in [1.807, 2.05) is 18.2 Å². The first-order valence-corrected chi connectivity index (χ1v) is 9.70. The van der Waals surface area contributed by atoms with Gasteiger partial charge in [0.05, 0.1) is 16.3 Å². The van der Waals surface area contributed by atoms with Crippen LogP contribution in [-0.2, 0) is 16.4 Å². The molecule has 0 spiro atoms. The summed E-state index contributed by atoms with van der Waals surface area (Å²) in [7, 11) is -3.25. The molecule has 122 valence electrons. The van der Waals surface area contributed by atoms with Crippen LogP contribution in [0, 0.1) is 0 Å². The molecule has 1 fully saturated rings. The molecule has 0 aromatic carbocycles.